The van der Waals surface area contributed by atoms with Gasteiger partial charge in [-0.1, -0.05) is 19.8 Å². The molecule has 1 saturated carbocycles. The van der Waals surface area contributed by atoms with Crippen LogP contribution >= 0.6 is 0 Å². The Balaban J connectivity index is 2.33. The van der Waals surface area contributed by atoms with Crippen molar-refractivity contribution in [1.29, 1.82) is 0 Å². The molecule has 1 aliphatic carbocycles. The third-order valence-corrected chi connectivity index (χ3v) is 3.02. The second-order valence-corrected chi connectivity index (χ2v) is 5.03. The zero-order valence-corrected chi connectivity index (χ0v) is 9.97. The van der Waals surface area contributed by atoms with Gasteiger partial charge in [0.05, 0.1) is 0 Å². The van der Waals surface area contributed by atoms with E-state index in [1.54, 1.807) is 12.3 Å². The summed E-state index contributed by atoms with van der Waals surface area (Å²) in [5.41, 5.74) is 1.10. The van der Waals surface area contributed by atoms with Gasteiger partial charge in [0, 0.05) is 11.6 Å². The molecule has 0 aliphatic heterocycles. The molecule has 2 heteroatoms. The molecule has 0 N–H and O–H groups in total. The molecule has 0 radical (unpaired) electrons. The van der Waals surface area contributed by atoms with Crippen LogP contribution in [-0.4, -0.2) is 4.98 Å². The smallest absolute Gasteiger partial charge is 0.160 e. The lowest BCUT2D eigenvalue weighted by Crippen LogP contribution is -1.99. The van der Waals surface area contributed by atoms with Crippen molar-refractivity contribution in [2.45, 2.75) is 39.5 Å². The average Bonchev–Trinajstić information content (AvgIpc) is 2.95. The van der Waals surface area contributed by atoms with Crippen LogP contribution in [0.5, 0.6) is 0 Å². The molecule has 0 saturated heterocycles. The van der Waals surface area contributed by atoms with E-state index in [-0.39, 0.29) is 17.2 Å². The normalized spacial score (nSPS) is 16.8. The van der Waals surface area contributed by atoms with Gasteiger partial charge >= 0.3 is 0 Å². The van der Waals surface area contributed by atoms with Gasteiger partial charge in [0.15, 0.2) is 5.82 Å². The van der Waals surface area contributed by atoms with Gasteiger partial charge in [-0.2, -0.15) is 0 Å². The molecule has 0 bridgehead atoms. The minimum atomic E-state index is -0.255. The predicted octanol–water partition coefficient (Wildman–Crippen LogP) is 3.50. The van der Waals surface area contributed by atoms with E-state index in [1.807, 2.05) is 13.8 Å². The summed E-state index contributed by atoms with van der Waals surface area (Å²) in [5.74, 6) is 5.89. The summed E-state index contributed by atoms with van der Waals surface area (Å²) in [4.78, 5) is 4.00. The van der Waals surface area contributed by atoms with Crippen LogP contribution in [-0.2, 0) is 0 Å². The fourth-order valence-corrected chi connectivity index (χ4v) is 1.51. The van der Waals surface area contributed by atoms with Crippen LogP contribution in [0, 0.1) is 23.1 Å². The molecule has 16 heavy (non-hydrogen) atoms. The minimum absolute atomic E-state index is 0.113. The number of nitrogens with zero attached hydrogens (tertiary/aromatic N) is 1. The summed E-state index contributed by atoms with van der Waals surface area (Å²) in [6.45, 7) is 6.04. The first-order valence-corrected chi connectivity index (χ1v) is 5.69. The van der Waals surface area contributed by atoms with Crippen molar-refractivity contribution >= 4 is 0 Å². The monoisotopic (exact) mass is 217 g/mol. The summed E-state index contributed by atoms with van der Waals surface area (Å²) < 4.78 is 14.0. The Bertz CT molecular complexity index is 461. The second-order valence-electron chi connectivity index (χ2n) is 5.03. The Labute approximate surface area is 96.1 Å². The summed E-state index contributed by atoms with van der Waals surface area (Å²) >= 11 is 0. The van der Waals surface area contributed by atoms with E-state index in [1.165, 1.54) is 0 Å². The maximum Gasteiger partial charge on any atom is 0.160 e. The van der Waals surface area contributed by atoms with Crippen molar-refractivity contribution < 1.29 is 4.39 Å². The molecule has 1 fully saturated rings. The third-order valence-electron chi connectivity index (χ3n) is 3.02. The van der Waals surface area contributed by atoms with Crippen molar-refractivity contribution in [3.63, 3.8) is 0 Å². The van der Waals surface area contributed by atoms with Gasteiger partial charge < -0.3 is 0 Å². The van der Waals surface area contributed by atoms with Crippen molar-refractivity contribution in [2.24, 2.45) is 5.41 Å². The zero-order chi connectivity index (χ0) is 11.8. The molecule has 0 amide bonds. The number of hydrogen-bond donors (Lipinski definition) is 0. The van der Waals surface area contributed by atoms with E-state index in [2.05, 4.69) is 23.7 Å². The van der Waals surface area contributed by atoms with Crippen molar-refractivity contribution in [1.82, 2.24) is 4.98 Å². The molecule has 1 aliphatic rings. The molecule has 1 heterocycles. The third kappa shape index (κ3) is 2.24. The fraction of sp³-hybridized carbons (Fsp3) is 0.500. The fourth-order valence-electron chi connectivity index (χ4n) is 1.51. The number of aromatic nitrogens is 1. The lowest BCUT2D eigenvalue weighted by atomic mass is 10.0. The molecule has 2 rings (SSSR count). The minimum Gasteiger partial charge on any atom is -0.245 e. The van der Waals surface area contributed by atoms with Gasteiger partial charge in [0.2, 0.25) is 0 Å². The maximum atomic E-state index is 14.0. The summed E-state index contributed by atoms with van der Waals surface area (Å²) in [6.07, 6.45) is 3.87. The van der Waals surface area contributed by atoms with Crippen LogP contribution in [0.15, 0.2) is 12.3 Å². The summed E-state index contributed by atoms with van der Waals surface area (Å²) in [6, 6.07) is 1.73. The highest BCUT2D eigenvalue weighted by Gasteiger charge is 2.35. The van der Waals surface area contributed by atoms with Gasteiger partial charge in [-0.15, -0.1) is 0 Å². The first-order chi connectivity index (χ1) is 7.52. The van der Waals surface area contributed by atoms with Crippen LogP contribution in [0.25, 0.3) is 0 Å². The highest BCUT2D eigenvalue weighted by molar-refractivity contribution is 5.36. The molecule has 0 aromatic carbocycles. The van der Waals surface area contributed by atoms with E-state index >= 15 is 0 Å². The van der Waals surface area contributed by atoms with Crippen LogP contribution in [0.1, 0.15) is 50.8 Å². The SMILES string of the molecule is CC(C)c1ccnc(C#CC2(C)CC2)c1F. The molecule has 0 spiro atoms. The van der Waals surface area contributed by atoms with Gasteiger partial charge in [-0.05, 0) is 43.2 Å². The Morgan fingerprint density at radius 2 is 2.12 bits per heavy atom. The van der Waals surface area contributed by atoms with E-state index < -0.39 is 0 Å². The number of rotatable bonds is 1. The maximum absolute atomic E-state index is 14.0. The lowest BCUT2D eigenvalue weighted by Gasteiger charge is -2.06. The molecule has 1 aromatic rings. The van der Waals surface area contributed by atoms with Gasteiger partial charge in [-0.3, -0.25) is 0 Å². The summed E-state index contributed by atoms with van der Waals surface area (Å²) in [5, 5.41) is 0. The first-order valence-electron chi connectivity index (χ1n) is 5.69. The van der Waals surface area contributed by atoms with Crippen LogP contribution < -0.4 is 0 Å². The second kappa shape index (κ2) is 3.90. The Kier molecular flexibility index (Phi) is 2.71. The van der Waals surface area contributed by atoms with E-state index in [9.17, 15) is 4.39 Å². The number of pyridine rings is 1. The van der Waals surface area contributed by atoms with Crippen LogP contribution in [0.3, 0.4) is 0 Å². The molecule has 0 atom stereocenters. The van der Waals surface area contributed by atoms with Crippen LogP contribution in [0.2, 0.25) is 0 Å². The molecule has 1 aromatic heterocycles. The number of hydrogen-bond acceptors (Lipinski definition) is 1. The van der Waals surface area contributed by atoms with E-state index in [0.717, 1.165) is 12.8 Å². The van der Waals surface area contributed by atoms with Crippen molar-refractivity contribution in [3.8, 4) is 11.8 Å². The average molecular weight is 217 g/mol. The lowest BCUT2D eigenvalue weighted by molar-refractivity contribution is 0.587. The molecule has 0 unspecified atom stereocenters. The molecular weight excluding hydrogens is 201 g/mol. The summed E-state index contributed by atoms with van der Waals surface area (Å²) in [7, 11) is 0. The Hall–Kier alpha value is -1.36. The zero-order valence-electron chi connectivity index (χ0n) is 9.97. The highest BCUT2D eigenvalue weighted by atomic mass is 19.1. The standard InChI is InChI=1S/C14H16FN/c1-10(2)11-5-9-16-12(13(11)15)4-6-14(3)7-8-14/h5,9-10H,7-8H2,1-3H3. The first kappa shape index (κ1) is 11.1. The van der Waals surface area contributed by atoms with Gasteiger partial charge in [0.1, 0.15) is 5.69 Å². The Morgan fingerprint density at radius 3 is 2.69 bits per heavy atom. The van der Waals surface area contributed by atoms with Crippen molar-refractivity contribution in [2.75, 3.05) is 0 Å². The molecule has 84 valence electrons. The molecular formula is C14H16FN. The largest absolute Gasteiger partial charge is 0.245 e. The quantitative estimate of drug-likeness (QED) is 0.656. The highest BCUT2D eigenvalue weighted by Crippen LogP contribution is 2.44. The topological polar surface area (TPSA) is 12.9 Å². The van der Waals surface area contributed by atoms with Crippen molar-refractivity contribution in [3.05, 3.63) is 29.3 Å². The van der Waals surface area contributed by atoms with E-state index in [0.29, 0.717) is 11.3 Å². The van der Waals surface area contributed by atoms with Gasteiger partial charge in [0.25, 0.3) is 0 Å². The van der Waals surface area contributed by atoms with E-state index in [4.69, 9.17) is 0 Å². The van der Waals surface area contributed by atoms with Crippen LogP contribution in [0.4, 0.5) is 4.39 Å². The Morgan fingerprint density at radius 1 is 1.44 bits per heavy atom. The number of halogens is 1. The van der Waals surface area contributed by atoms with Gasteiger partial charge in [-0.25, -0.2) is 9.37 Å². The molecule has 1 nitrogen and oxygen atoms in total. The predicted molar refractivity (Wildman–Crippen MR) is 62.5 cm³/mol.